The van der Waals surface area contributed by atoms with E-state index in [-0.39, 0.29) is 30.0 Å². The predicted molar refractivity (Wildman–Crippen MR) is 180 cm³/mol. The average Bonchev–Trinajstić information content (AvgIpc) is 3.13. The van der Waals surface area contributed by atoms with Crippen molar-refractivity contribution in [2.45, 2.75) is 88.8 Å². The maximum Gasteiger partial charge on any atom is 0.338 e. The van der Waals surface area contributed by atoms with Crippen molar-refractivity contribution < 1.29 is 42.7 Å². The number of fused-ring (bicyclic) bond motifs is 1. The van der Waals surface area contributed by atoms with Gasteiger partial charge < -0.3 is 33.2 Å². The second-order valence-corrected chi connectivity index (χ2v) is 13.8. The molecule has 0 amide bonds. The first-order valence-electron chi connectivity index (χ1n) is 16.8. The molecular weight excluding hydrogens is 632 g/mol. The Bertz CT molecular complexity index is 1480. The minimum absolute atomic E-state index is 0.272. The molecule has 3 aliphatic heterocycles. The van der Waals surface area contributed by atoms with Gasteiger partial charge in [-0.2, -0.15) is 0 Å². The minimum atomic E-state index is -0.958. The molecule has 3 saturated heterocycles. The van der Waals surface area contributed by atoms with Crippen LogP contribution in [0.25, 0.3) is 0 Å². The third-order valence-corrected chi connectivity index (χ3v) is 10.3. The molecule has 0 N–H and O–H groups in total. The number of hydrogen-bond donors (Lipinski definition) is 0. The molecule has 6 rings (SSSR count). The molecule has 3 aromatic carbocycles. The monoisotopic (exact) mass is 676 g/mol. The molecule has 10 heteroatoms. The predicted octanol–water partition coefficient (Wildman–Crippen LogP) is 6.82. The summed E-state index contributed by atoms with van der Waals surface area (Å²) in [6.07, 6.45) is -4.04. The Morgan fingerprint density at radius 2 is 1.31 bits per heavy atom. The van der Waals surface area contributed by atoms with Crippen LogP contribution in [0, 0.1) is 11.8 Å². The van der Waals surface area contributed by atoms with Crippen LogP contribution in [-0.4, -0.2) is 72.6 Å². The van der Waals surface area contributed by atoms with Crippen molar-refractivity contribution in [3.8, 4) is 0 Å². The second-order valence-electron chi connectivity index (χ2n) is 12.4. The third kappa shape index (κ3) is 7.64. The molecule has 0 aromatic heterocycles. The molecule has 3 fully saturated rings. The lowest BCUT2D eigenvalue weighted by Gasteiger charge is -2.51. The minimum Gasteiger partial charge on any atom is -0.455 e. The van der Waals surface area contributed by atoms with E-state index >= 15 is 0 Å². The molecule has 0 saturated carbocycles. The molecule has 0 bridgehead atoms. The second kappa shape index (κ2) is 16.0. The van der Waals surface area contributed by atoms with Crippen LogP contribution < -0.4 is 0 Å². The Balaban J connectivity index is 1.26. The molecule has 3 heterocycles. The SMILES string of the molecule is CCSC1OC(CC)[C@H](OC2OC3COC(c4ccccc4)O[C@@H]3[C@H](C)[C@@H]2OC(=O)c2ccccc2)[C@H](C)[C@@H]1OC(=O)c1ccccc1. The van der Waals surface area contributed by atoms with E-state index in [1.807, 2.05) is 70.2 Å². The van der Waals surface area contributed by atoms with Crippen LogP contribution in [-0.2, 0) is 33.2 Å². The fraction of sp³-hybridized carbons (Fsp3) is 0.474. The largest absolute Gasteiger partial charge is 0.455 e. The van der Waals surface area contributed by atoms with Crippen LogP contribution in [0.5, 0.6) is 0 Å². The zero-order valence-corrected chi connectivity index (χ0v) is 28.5. The molecule has 11 atom stereocenters. The Hall–Kier alpha value is -3.25. The standard InChI is InChI=1S/C38H44O9S/c1-5-28-30(24(4)33(38(43-28)48-6-2)45-35(40)26-18-12-8-13-19-26)47-37-32(44-34(39)25-16-10-7-11-17-25)23(3)31-29(42-37)22-41-36(46-31)27-20-14-9-15-21-27/h7-21,23-24,28-33,36-38H,5-6,22H2,1-4H3/t23-,24-,28?,29?,30+,31+,32-,33-,36?,37?,38?/m0/s1. The molecule has 256 valence electrons. The number of hydrogen-bond acceptors (Lipinski definition) is 10. The third-order valence-electron chi connectivity index (χ3n) is 9.25. The van der Waals surface area contributed by atoms with Gasteiger partial charge >= 0.3 is 11.9 Å². The van der Waals surface area contributed by atoms with Gasteiger partial charge in [0, 0.05) is 17.4 Å². The molecule has 9 nitrogen and oxygen atoms in total. The number of rotatable bonds is 10. The van der Waals surface area contributed by atoms with Crippen molar-refractivity contribution in [1.29, 1.82) is 0 Å². The topological polar surface area (TPSA) is 98.8 Å². The zero-order chi connectivity index (χ0) is 33.6. The van der Waals surface area contributed by atoms with Crippen LogP contribution in [0.15, 0.2) is 91.0 Å². The summed E-state index contributed by atoms with van der Waals surface area (Å²) < 4.78 is 44.9. The highest BCUT2D eigenvalue weighted by atomic mass is 32.2. The quantitative estimate of drug-likeness (QED) is 0.213. The number of ether oxygens (including phenoxy) is 7. The highest BCUT2D eigenvalue weighted by Crippen LogP contribution is 2.42. The van der Waals surface area contributed by atoms with Gasteiger partial charge in [0.1, 0.15) is 17.6 Å². The van der Waals surface area contributed by atoms with E-state index in [0.717, 1.165) is 11.3 Å². The van der Waals surface area contributed by atoms with E-state index in [1.54, 1.807) is 60.3 Å². The Morgan fingerprint density at radius 1 is 0.729 bits per heavy atom. The van der Waals surface area contributed by atoms with E-state index < -0.39 is 55.0 Å². The van der Waals surface area contributed by atoms with Crippen LogP contribution in [0.1, 0.15) is 66.7 Å². The van der Waals surface area contributed by atoms with Gasteiger partial charge in [0.15, 0.2) is 18.7 Å². The van der Waals surface area contributed by atoms with Crippen LogP contribution >= 0.6 is 11.8 Å². The van der Waals surface area contributed by atoms with Gasteiger partial charge in [-0.05, 0) is 36.4 Å². The summed E-state index contributed by atoms with van der Waals surface area (Å²) in [5.74, 6) is -0.706. The smallest absolute Gasteiger partial charge is 0.338 e. The Kier molecular flexibility index (Phi) is 11.5. The summed E-state index contributed by atoms with van der Waals surface area (Å²) >= 11 is 1.60. The van der Waals surface area contributed by atoms with E-state index in [0.29, 0.717) is 17.5 Å². The van der Waals surface area contributed by atoms with Crippen LogP contribution in [0.2, 0.25) is 0 Å². The normalized spacial score (nSPS) is 33.3. The lowest BCUT2D eigenvalue weighted by molar-refractivity contribution is -0.365. The Morgan fingerprint density at radius 3 is 1.90 bits per heavy atom. The van der Waals surface area contributed by atoms with Crippen molar-refractivity contribution in [2.24, 2.45) is 11.8 Å². The maximum absolute atomic E-state index is 13.5. The molecule has 0 spiro atoms. The molecule has 5 unspecified atom stereocenters. The van der Waals surface area contributed by atoms with Gasteiger partial charge in [0.2, 0.25) is 0 Å². The van der Waals surface area contributed by atoms with E-state index in [1.165, 1.54) is 0 Å². The van der Waals surface area contributed by atoms with Gasteiger partial charge in [-0.3, -0.25) is 0 Å². The average molecular weight is 677 g/mol. The summed E-state index contributed by atoms with van der Waals surface area (Å²) in [6, 6.07) is 27.5. The number of esters is 2. The van der Waals surface area contributed by atoms with Gasteiger partial charge in [0.05, 0.1) is 36.0 Å². The number of carbonyl (C=O) groups excluding carboxylic acids is 2. The molecule has 48 heavy (non-hydrogen) atoms. The number of benzene rings is 3. The summed E-state index contributed by atoms with van der Waals surface area (Å²) in [4.78, 5) is 26.7. The van der Waals surface area contributed by atoms with Crippen molar-refractivity contribution in [1.82, 2.24) is 0 Å². The Labute approximate surface area is 286 Å². The molecular formula is C38H44O9S. The zero-order valence-electron chi connectivity index (χ0n) is 27.7. The fourth-order valence-corrected chi connectivity index (χ4v) is 7.70. The van der Waals surface area contributed by atoms with Gasteiger partial charge in [0.25, 0.3) is 0 Å². The first kappa shape index (κ1) is 34.6. The van der Waals surface area contributed by atoms with Crippen molar-refractivity contribution >= 4 is 23.7 Å². The highest BCUT2D eigenvalue weighted by Gasteiger charge is 2.53. The molecule has 3 aliphatic rings. The molecule has 0 radical (unpaired) electrons. The molecule has 0 aliphatic carbocycles. The van der Waals surface area contributed by atoms with E-state index in [9.17, 15) is 9.59 Å². The first-order chi connectivity index (χ1) is 23.4. The van der Waals surface area contributed by atoms with E-state index in [2.05, 4.69) is 0 Å². The fourth-order valence-electron chi connectivity index (χ4n) is 6.66. The highest BCUT2D eigenvalue weighted by molar-refractivity contribution is 7.99. The number of carbonyl (C=O) groups is 2. The molecule has 3 aromatic rings. The van der Waals surface area contributed by atoms with E-state index in [4.69, 9.17) is 33.2 Å². The lowest BCUT2D eigenvalue weighted by Crippen LogP contribution is -2.62. The van der Waals surface area contributed by atoms with Crippen LogP contribution in [0.3, 0.4) is 0 Å². The van der Waals surface area contributed by atoms with Gasteiger partial charge in [-0.1, -0.05) is 94.4 Å². The van der Waals surface area contributed by atoms with Crippen molar-refractivity contribution in [2.75, 3.05) is 12.4 Å². The lowest BCUT2D eigenvalue weighted by atomic mass is 9.88. The first-order valence-corrected chi connectivity index (χ1v) is 17.8. The van der Waals surface area contributed by atoms with Crippen molar-refractivity contribution in [3.05, 3.63) is 108 Å². The summed E-state index contributed by atoms with van der Waals surface area (Å²) in [6.45, 7) is 8.36. The van der Waals surface area contributed by atoms with Crippen molar-refractivity contribution in [3.63, 3.8) is 0 Å². The summed E-state index contributed by atoms with van der Waals surface area (Å²) in [7, 11) is 0. The van der Waals surface area contributed by atoms with Gasteiger partial charge in [-0.15, -0.1) is 11.8 Å². The maximum atomic E-state index is 13.5. The van der Waals surface area contributed by atoms with Crippen LogP contribution in [0.4, 0.5) is 0 Å². The summed E-state index contributed by atoms with van der Waals surface area (Å²) in [5.41, 5.74) is 1.41. The number of thioether (sulfide) groups is 1. The van der Waals surface area contributed by atoms with Gasteiger partial charge in [-0.25, -0.2) is 9.59 Å². The summed E-state index contributed by atoms with van der Waals surface area (Å²) in [5, 5.41) is 0.